The molecule has 1 aromatic carbocycles. The first-order valence-electron chi connectivity index (χ1n) is 12.1. The van der Waals surface area contributed by atoms with Crippen LogP contribution in [0.5, 0.6) is 5.75 Å². The molecular formula is C26H38ClN3O3. The van der Waals surface area contributed by atoms with Crippen LogP contribution in [0.15, 0.2) is 18.2 Å². The van der Waals surface area contributed by atoms with E-state index < -0.39 is 0 Å². The van der Waals surface area contributed by atoms with Crippen molar-refractivity contribution in [3.63, 3.8) is 0 Å². The van der Waals surface area contributed by atoms with Gasteiger partial charge in [-0.2, -0.15) is 5.10 Å². The molecule has 1 heterocycles. The Morgan fingerprint density at radius 2 is 2.06 bits per heavy atom. The summed E-state index contributed by atoms with van der Waals surface area (Å²) >= 11 is 6.75. The van der Waals surface area contributed by atoms with E-state index in [4.69, 9.17) is 16.3 Å². The van der Waals surface area contributed by atoms with Crippen LogP contribution in [0, 0.1) is 17.3 Å². The first-order valence-corrected chi connectivity index (χ1v) is 12.4. The summed E-state index contributed by atoms with van der Waals surface area (Å²) in [5, 5.41) is 17.9. The van der Waals surface area contributed by atoms with Crippen LogP contribution in [0.3, 0.4) is 0 Å². The summed E-state index contributed by atoms with van der Waals surface area (Å²) in [6.07, 6.45) is 4.91. The summed E-state index contributed by atoms with van der Waals surface area (Å²) in [6.45, 7) is 9.64. The zero-order chi connectivity index (χ0) is 24.2. The topological polar surface area (TPSA) is 76.4 Å². The molecule has 7 heteroatoms. The summed E-state index contributed by atoms with van der Waals surface area (Å²) in [5.74, 6) is 1.61. The van der Waals surface area contributed by atoms with Crippen LogP contribution < -0.4 is 10.1 Å². The Labute approximate surface area is 202 Å². The molecule has 1 aliphatic rings. The minimum Gasteiger partial charge on any atom is -0.496 e. The Morgan fingerprint density at radius 3 is 2.64 bits per heavy atom. The molecule has 0 saturated heterocycles. The van der Waals surface area contributed by atoms with Crippen LogP contribution in [-0.2, 0) is 13.0 Å². The number of aliphatic hydroxyl groups excluding tert-OH is 1. The molecule has 1 aromatic heterocycles. The van der Waals surface area contributed by atoms with Gasteiger partial charge in [0.2, 0.25) is 0 Å². The fourth-order valence-electron chi connectivity index (χ4n) is 4.72. The second-order valence-electron chi connectivity index (χ2n) is 9.98. The highest BCUT2D eigenvalue weighted by molar-refractivity contribution is 6.36. The molecule has 0 bridgehead atoms. The molecule has 2 N–H and O–H groups in total. The number of aryl methyl sites for hydroxylation is 1. The van der Waals surface area contributed by atoms with Crippen LogP contribution >= 0.6 is 11.6 Å². The second-order valence-corrected chi connectivity index (χ2v) is 10.4. The summed E-state index contributed by atoms with van der Waals surface area (Å²) < 4.78 is 7.43. The number of methoxy groups -OCH3 is 1. The first-order chi connectivity index (χ1) is 15.7. The van der Waals surface area contributed by atoms with Crippen LogP contribution in [-0.4, -0.2) is 41.1 Å². The highest BCUT2D eigenvalue weighted by Gasteiger charge is 2.35. The first kappa shape index (κ1) is 25.6. The van der Waals surface area contributed by atoms with Gasteiger partial charge in [-0.3, -0.25) is 9.48 Å². The molecule has 1 fully saturated rings. The van der Waals surface area contributed by atoms with Crippen LogP contribution in [0.2, 0.25) is 5.02 Å². The standard InChI is InChI=1S/C26H38ClN3O3/c1-6-30-24(20-8-7-19(13-17(2)3)14-21(20)33-5)22(27)23(29-30)25(32)28-15-26(16-31)11-9-18(4)10-12-26/h7-8,14,17-18,31H,6,9-13,15-16H2,1-5H3,(H,28,32). The fraction of sp³-hybridized carbons (Fsp3) is 0.615. The molecule has 6 nitrogen and oxygen atoms in total. The average molecular weight is 476 g/mol. The van der Waals surface area contributed by atoms with E-state index in [1.54, 1.807) is 11.8 Å². The van der Waals surface area contributed by atoms with Crippen molar-refractivity contribution in [1.82, 2.24) is 15.1 Å². The fourth-order valence-corrected chi connectivity index (χ4v) is 5.04. The molecule has 33 heavy (non-hydrogen) atoms. The molecule has 0 unspecified atom stereocenters. The van der Waals surface area contributed by atoms with E-state index in [0.29, 0.717) is 41.4 Å². The molecule has 1 saturated carbocycles. The highest BCUT2D eigenvalue weighted by Crippen LogP contribution is 2.39. The van der Waals surface area contributed by atoms with Crippen molar-refractivity contribution in [2.24, 2.45) is 17.3 Å². The monoisotopic (exact) mass is 475 g/mol. The number of nitrogens with zero attached hydrogens (tertiary/aromatic N) is 2. The highest BCUT2D eigenvalue weighted by atomic mass is 35.5. The third-order valence-electron chi connectivity index (χ3n) is 6.87. The number of benzene rings is 1. The van der Waals surface area contributed by atoms with Gasteiger partial charge >= 0.3 is 0 Å². The number of halogens is 1. The number of amides is 1. The van der Waals surface area contributed by atoms with Crippen molar-refractivity contribution in [3.8, 4) is 17.0 Å². The number of rotatable bonds is 9. The van der Waals surface area contributed by atoms with Gasteiger partial charge in [0.25, 0.3) is 5.91 Å². The third-order valence-corrected chi connectivity index (χ3v) is 7.23. The summed E-state index contributed by atoms with van der Waals surface area (Å²) in [7, 11) is 1.64. The van der Waals surface area contributed by atoms with Gasteiger partial charge in [-0.15, -0.1) is 0 Å². The van der Waals surface area contributed by atoms with Gasteiger partial charge in [0, 0.05) is 24.1 Å². The summed E-state index contributed by atoms with van der Waals surface area (Å²) in [6, 6.07) is 6.11. The van der Waals surface area contributed by atoms with Crippen molar-refractivity contribution in [2.45, 2.75) is 66.3 Å². The Balaban J connectivity index is 1.87. The van der Waals surface area contributed by atoms with Gasteiger partial charge in [0.1, 0.15) is 5.75 Å². The molecule has 1 amide bonds. The smallest absolute Gasteiger partial charge is 0.273 e. The largest absolute Gasteiger partial charge is 0.496 e. The van der Waals surface area contributed by atoms with E-state index in [-0.39, 0.29) is 23.6 Å². The second kappa shape index (κ2) is 10.9. The zero-order valence-electron chi connectivity index (χ0n) is 20.6. The van der Waals surface area contributed by atoms with Crippen LogP contribution in [0.25, 0.3) is 11.3 Å². The third kappa shape index (κ3) is 5.72. The maximum Gasteiger partial charge on any atom is 0.273 e. The number of nitrogens with one attached hydrogen (secondary N) is 1. The maximum atomic E-state index is 13.1. The summed E-state index contributed by atoms with van der Waals surface area (Å²) in [4.78, 5) is 13.1. The molecule has 1 aliphatic carbocycles. The van der Waals surface area contributed by atoms with E-state index in [1.807, 2.05) is 19.1 Å². The van der Waals surface area contributed by atoms with Crippen molar-refractivity contribution in [3.05, 3.63) is 34.5 Å². The molecule has 0 atom stereocenters. The molecule has 182 valence electrons. The van der Waals surface area contributed by atoms with Gasteiger partial charge in [-0.25, -0.2) is 0 Å². The normalized spacial score (nSPS) is 20.8. The van der Waals surface area contributed by atoms with Crippen molar-refractivity contribution in [1.29, 1.82) is 0 Å². The minimum atomic E-state index is -0.310. The lowest BCUT2D eigenvalue weighted by Gasteiger charge is -2.38. The number of aliphatic hydroxyl groups is 1. The number of ether oxygens (including phenoxy) is 1. The maximum absolute atomic E-state index is 13.1. The Kier molecular flexibility index (Phi) is 8.46. The van der Waals surface area contributed by atoms with Crippen molar-refractivity contribution < 1.29 is 14.6 Å². The Morgan fingerprint density at radius 1 is 1.36 bits per heavy atom. The number of carbonyl (C=O) groups excluding carboxylic acids is 1. The molecular weight excluding hydrogens is 438 g/mol. The van der Waals surface area contributed by atoms with E-state index in [1.165, 1.54) is 5.56 Å². The van der Waals surface area contributed by atoms with E-state index in [9.17, 15) is 9.90 Å². The van der Waals surface area contributed by atoms with E-state index in [0.717, 1.165) is 37.7 Å². The Bertz CT molecular complexity index is 962. The minimum absolute atomic E-state index is 0.0717. The lowest BCUT2D eigenvalue weighted by molar-refractivity contribution is 0.0615. The SMILES string of the molecule is CCn1nc(C(=O)NCC2(CO)CCC(C)CC2)c(Cl)c1-c1ccc(CC(C)C)cc1OC. The molecule has 3 rings (SSSR count). The number of carbonyl (C=O) groups is 1. The molecule has 2 aromatic rings. The van der Waals surface area contributed by atoms with Crippen molar-refractivity contribution >= 4 is 17.5 Å². The Hall–Kier alpha value is -2.05. The number of hydrogen-bond acceptors (Lipinski definition) is 4. The molecule has 0 radical (unpaired) electrons. The van der Waals surface area contributed by atoms with Gasteiger partial charge < -0.3 is 15.2 Å². The quantitative estimate of drug-likeness (QED) is 0.512. The number of hydrogen-bond donors (Lipinski definition) is 2. The van der Waals surface area contributed by atoms with Gasteiger partial charge in [0.15, 0.2) is 5.69 Å². The molecule has 0 spiro atoms. The van der Waals surface area contributed by atoms with Gasteiger partial charge in [0.05, 0.1) is 24.4 Å². The lowest BCUT2D eigenvalue weighted by Crippen LogP contribution is -2.42. The van der Waals surface area contributed by atoms with E-state index >= 15 is 0 Å². The predicted molar refractivity (Wildman–Crippen MR) is 133 cm³/mol. The van der Waals surface area contributed by atoms with Crippen LogP contribution in [0.4, 0.5) is 0 Å². The van der Waals surface area contributed by atoms with E-state index in [2.05, 4.69) is 37.3 Å². The van der Waals surface area contributed by atoms with Crippen molar-refractivity contribution in [2.75, 3.05) is 20.3 Å². The summed E-state index contributed by atoms with van der Waals surface area (Å²) in [5.41, 5.74) is 2.63. The van der Waals surface area contributed by atoms with Gasteiger partial charge in [-0.1, -0.05) is 51.3 Å². The predicted octanol–water partition coefficient (Wildman–Crippen LogP) is 5.35. The zero-order valence-corrected chi connectivity index (χ0v) is 21.3. The molecule has 0 aliphatic heterocycles. The van der Waals surface area contributed by atoms with Gasteiger partial charge in [-0.05, 0) is 55.7 Å². The van der Waals surface area contributed by atoms with Crippen LogP contribution in [0.1, 0.15) is 69.4 Å². The average Bonchev–Trinajstić information content (AvgIpc) is 3.14. The number of aromatic nitrogens is 2. The lowest BCUT2D eigenvalue weighted by atomic mass is 9.71.